The minimum Gasteiger partial charge on any atom is -0.310 e. The fourth-order valence-corrected chi connectivity index (χ4v) is 3.66. The van der Waals surface area contributed by atoms with Gasteiger partial charge in [0, 0.05) is 21.6 Å². The van der Waals surface area contributed by atoms with Crippen molar-refractivity contribution < 1.29 is 0 Å². The second-order valence-corrected chi connectivity index (χ2v) is 6.76. The van der Waals surface area contributed by atoms with Gasteiger partial charge in [-0.3, -0.25) is 0 Å². The Bertz CT molecular complexity index is 575. The van der Waals surface area contributed by atoms with Crippen LogP contribution in [0, 0.1) is 0 Å². The van der Waals surface area contributed by atoms with E-state index < -0.39 is 0 Å². The molecule has 1 unspecified atom stereocenters. The van der Waals surface area contributed by atoms with Gasteiger partial charge in [-0.15, -0.1) is 0 Å². The number of hydrogen-bond acceptors (Lipinski definition) is 3. The van der Waals surface area contributed by atoms with Crippen LogP contribution in [-0.2, 0) is 0 Å². The summed E-state index contributed by atoms with van der Waals surface area (Å²) in [6.45, 7) is 5.23. The lowest BCUT2D eigenvalue weighted by atomic mass is 10.1. The Balaban J connectivity index is 2.14. The monoisotopic (exact) mass is 370 g/mol. The van der Waals surface area contributed by atoms with E-state index in [0.29, 0.717) is 11.1 Å². The molecular formula is C15H16BrClN2S. The van der Waals surface area contributed by atoms with Crippen molar-refractivity contribution in [2.24, 2.45) is 0 Å². The highest BCUT2D eigenvalue weighted by Gasteiger charge is 2.09. The number of aromatic nitrogens is 1. The summed E-state index contributed by atoms with van der Waals surface area (Å²) in [4.78, 5) is 5.45. The van der Waals surface area contributed by atoms with E-state index in [-0.39, 0.29) is 0 Å². The Labute approximate surface area is 137 Å². The van der Waals surface area contributed by atoms with Gasteiger partial charge in [-0.05, 0) is 43.3 Å². The van der Waals surface area contributed by atoms with Gasteiger partial charge < -0.3 is 5.32 Å². The van der Waals surface area contributed by atoms with Crippen LogP contribution in [-0.4, -0.2) is 11.5 Å². The second kappa shape index (κ2) is 7.46. The molecule has 106 valence electrons. The molecule has 1 heterocycles. The molecule has 0 aliphatic heterocycles. The van der Waals surface area contributed by atoms with Crippen LogP contribution in [0.25, 0.3) is 0 Å². The molecule has 2 nitrogen and oxygen atoms in total. The Hall–Kier alpha value is -0.550. The van der Waals surface area contributed by atoms with Crippen molar-refractivity contribution in [3.63, 3.8) is 0 Å². The number of rotatable bonds is 5. The Morgan fingerprint density at radius 3 is 2.75 bits per heavy atom. The van der Waals surface area contributed by atoms with Gasteiger partial charge in [0.25, 0.3) is 0 Å². The lowest BCUT2D eigenvalue weighted by molar-refractivity contribution is 0.595. The molecule has 0 aliphatic rings. The zero-order chi connectivity index (χ0) is 14.5. The van der Waals surface area contributed by atoms with Crippen LogP contribution in [0.4, 0.5) is 0 Å². The van der Waals surface area contributed by atoms with Gasteiger partial charge in [-0.1, -0.05) is 52.3 Å². The van der Waals surface area contributed by atoms with Crippen molar-refractivity contribution in [1.82, 2.24) is 10.3 Å². The fourth-order valence-electron chi connectivity index (χ4n) is 1.88. The molecule has 2 rings (SSSR count). The molecule has 0 radical (unpaired) electrons. The number of nitrogens with one attached hydrogen (secondary N) is 1. The molecule has 0 fully saturated rings. The smallest absolute Gasteiger partial charge is 0.101 e. The predicted octanol–water partition coefficient (Wildman–Crippen LogP) is 5.32. The molecule has 0 amide bonds. The van der Waals surface area contributed by atoms with Crippen molar-refractivity contribution in [3.8, 4) is 0 Å². The Kier molecular flexibility index (Phi) is 5.90. The van der Waals surface area contributed by atoms with E-state index in [4.69, 9.17) is 11.6 Å². The highest BCUT2D eigenvalue weighted by Crippen LogP contribution is 2.32. The molecule has 5 heteroatoms. The summed E-state index contributed by atoms with van der Waals surface area (Å²) < 4.78 is 1.12. The first-order chi connectivity index (χ1) is 9.60. The molecule has 1 aromatic heterocycles. The molecular weight excluding hydrogens is 356 g/mol. The van der Waals surface area contributed by atoms with Crippen LogP contribution >= 0.6 is 39.3 Å². The minimum absolute atomic E-state index is 0.335. The van der Waals surface area contributed by atoms with E-state index >= 15 is 0 Å². The largest absolute Gasteiger partial charge is 0.310 e. The normalized spacial score (nSPS) is 12.4. The van der Waals surface area contributed by atoms with E-state index in [1.807, 2.05) is 12.1 Å². The quantitative estimate of drug-likeness (QED) is 0.770. The van der Waals surface area contributed by atoms with Gasteiger partial charge in [0.1, 0.15) is 5.03 Å². The first kappa shape index (κ1) is 15.8. The third kappa shape index (κ3) is 4.22. The van der Waals surface area contributed by atoms with Gasteiger partial charge in [-0.25, -0.2) is 4.98 Å². The zero-order valence-electron chi connectivity index (χ0n) is 11.4. The van der Waals surface area contributed by atoms with Crippen molar-refractivity contribution >= 4 is 39.3 Å². The van der Waals surface area contributed by atoms with Crippen molar-refractivity contribution in [2.75, 3.05) is 6.54 Å². The molecule has 0 spiro atoms. The summed E-state index contributed by atoms with van der Waals surface area (Å²) in [5.74, 6) is 0. The highest BCUT2D eigenvalue weighted by molar-refractivity contribution is 9.10. The number of hydrogen-bond donors (Lipinski definition) is 1. The third-order valence-corrected chi connectivity index (χ3v) is 4.72. The lowest BCUT2D eigenvalue weighted by Crippen LogP contribution is -2.17. The summed E-state index contributed by atoms with van der Waals surface area (Å²) in [6.07, 6.45) is 1.67. The van der Waals surface area contributed by atoms with Gasteiger partial charge in [0.15, 0.2) is 0 Å². The zero-order valence-corrected chi connectivity index (χ0v) is 14.5. The average Bonchev–Trinajstić information content (AvgIpc) is 2.42. The molecule has 0 saturated carbocycles. The molecule has 0 bridgehead atoms. The second-order valence-electron chi connectivity index (χ2n) is 4.38. The summed E-state index contributed by atoms with van der Waals surface area (Å²) in [7, 11) is 0. The Morgan fingerprint density at radius 1 is 1.35 bits per heavy atom. The van der Waals surface area contributed by atoms with Gasteiger partial charge in [0.05, 0.1) is 5.02 Å². The average molecular weight is 372 g/mol. The summed E-state index contributed by atoms with van der Waals surface area (Å²) in [6, 6.07) is 10.5. The maximum Gasteiger partial charge on any atom is 0.101 e. The highest BCUT2D eigenvalue weighted by atomic mass is 79.9. The van der Waals surface area contributed by atoms with Crippen LogP contribution in [0.1, 0.15) is 25.5 Å². The van der Waals surface area contributed by atoms with Crippen molar-refractivity contribution in [1.29, 1.82) is 0 Å². The van der Waals surface area contributed by atoms with Gasteiger partial charge in [0.2, 0.25) is 0 Å². The van der Waals surface area contributed by atoms with Gasteiger partial charge in [-0.2, -0.15) is 0 Å². The standard InChI is InChI=1S/C15H16BrClN2S/c1-3-18-10(2)13-6-5-12(8-14(13)16)20-15-7-4-11(17)9-19-15/h4-10,18H,3H2,1-2H3. The lowest BCUT2D eigenvalue weighted by Gasteiger charge is -2.15. The predicted molar refractivity (Wildman–Crippen MR) is 89.6 cm³/mol. The van der Waals surface area contributed by atoms with Crippen LogP contribution in [0.5, 0.6) is 0 Å². The molecule has 1 N–H and O–H groups in total. The van der Waals surface area contributed by atoms with Crippen LogP contribution in [0.15, 0.2) is 50.9 Å². The minimum atomic E-state index is 0.335. The summed E-state index contributed by atoms with van der Waals surface area (Å²) in [5.41, 5.74) is 1.26. The first-order valence-corrected chi connectivity index (χ1v) is 8.41. The maximum absolute atomic E-state index is 5.84. The molecule has 1 atom stereocenters. The van der Waals surface area contributed by atoms with Crippen LogP contribution in [0.3, 0.4) is 0 Å². The third-order valence-electron chi connectivity index (χ3n) is 2.87. The van der Waals surface area contributed by atoms with Crippen molar-refractivity contribution in [2.45, 2.75) is 29.8 Å². The molecule has 0 aliphatic carbocycles. The van der Waals surface area contributed by atoms with E-state index in [2.05, 4.69) is 58.3 Å². The molecule has 20 heavy (non-hydrogen) atoms. The summed E-state index contributed by atoms with van der Waals surface area (Å²) in [5, 5.41) is 5.01. The van der Waals surface area contributed by atoms with Crippen molar-refractivity contribution in [3.05, 3.63) is 51.6 Å². The maximum atomic E-state index is 5.84. The molecule has 0 saturated heterocycles. The Morgan fingerprint density at radius 2 is 2.15 bits per heavy atom. The first-order valence-electron chi connectivity index (χ1n) is 6.42. The van der Waals surface area contributed by atoms with E-state index in [0.717, 1.165) is 20.9 Å². The summed E-state index contributed by atoms with van der Waals surface area (Å²) >= 11 is 11.1. The van der Waals surface area contributed by atoms with E-state index in [1.54, 1.807) is 18.0 Å². The number of pyridine rings is 1. The van der Waals surface area contributed by atoms with Crippen LogP contribution in [0.2, 0.25) is 5.02 Å². The van der Waals surface area contributed by atoms with E-state index in [1.165, 1.54) is 5.56 Å². The van der Waals surface area contributed by atoms with Gasteiger partial charge >= 0.3 is 0 Å². The molecule has 1 aromatic carbocycles. The number of nitrogens with zero attached hydrogens (tertiary/aromatic N) is 1. The molecule has 2 aromatic rings. The fraction of sp³-hybridized carbons (Fsp3) is 0.267. The number of benzene rings is 1. The SMILES string of the molecule is CCNC(C)c1ccc(Sc2ccc(Cl)cn2)cc1Br. The van der Waals surface area contributed by atoms with Crippen LogP contribution < -0.4 is 5.32 Å². The topological polar surface area (TPSA) is 24.9 Å². The van der Waals surface area contributed by atoms with E-state index in [9.17, 15) is 0 Å². The number of halogens is 2.